The summed E-state index contributed by atoms with van der Waals surface area (Å²) in [6.07, 6.45) is 1.47. The number of ether oxygens (including phenoxy) is 1. The third kappa shape index (κ3) is 2.89. The van der Waals surface area contributed by atoms with Gasteiger partial charge in [-0.1, -0.05) is 17.3 Å². The normalized spacial score (nSPS) is 11.2. The van der Waals surface area contributed by atoms with Crippen LogP contribution >= 0.6 is 0 Å². The highest BCUT2D eigenvalue weighted by atomic mass is 16.6. The van der Waals surface area contributed by atoms with E-state index in [1.54, 1.807) is 19.1 Å². The minimum Gasteiger partial charge on any atom is -0.431 e. The van der Waals surface area contributed by atoms with Gasteiger partial charge in [-0.25, -0.2) is 4.98 Å². The molecule has 0 fully saturated rings. The summed E-state index contributed by atoms with van der Waals surface area (Å²) < 4.78 is 5.48. The van der Waals surface area contributed by atoms with Gasteiger partial charge in [0.2, 0.25) is 11.6 Å². The number of nitrogens with zero attached hydrogens (tertiary/aromatic N) is 3. The van der Waals surface area contributed by atoms with Crippen LogP contribution in [0.3, 0.4) is 0 Å². The Morgan fingerprint density at radius 3 is 2.81 bits per heavy atom. The van der Waals surface area contributed by atoms with E-state index < -0.39 is 4.92 Å². The van der Waals surface area contributed by atoms with Crippen LogP contribution in [0.4, 0.5) is 5.69 Å². The smallest absolute Gasteiger partial charge is 0.311 e. The Kier molecular flexibility index (Phi) is 3.98. The molecule has 0 bridgehead atoms. The van der Waals surface area contributed by atoms with Gasteiger partial charge >= 0.3 is 5.69 Å². The molecule has 0 spiro atoms. The number of oxime groups is 1. The summed E-state index contributed by atoms with van der Waals surface area (Å²) in [7, 11) is 0. The maximum Gasteiger partial charge on any atom is 0.311 e. The Hall–Kier alpha value is -3.16. The van der Waals surface area contributed by atoms with Crippen molar-refractivity contribution in [1.82, 2.24) is 4.98 Å². The minimum atomic E-state index is -0.561. The second-order valence-corrected chi connectivity index (χ2v) is 4.12. The van der Waals surface area contributed by atoms with Crippen LogP contribution in [0, 0.1) is 17.0 Å². The van der Waals surface area contributed by atoms with Gasteiger partial charge in [0.25, 0.3) is 0 Å². The number of hydrogen-bond donors (Lipinski definition) is 2. The Bertz CT molecular complexity index is 715. The molecule has 0 radical (unpaired) electrons. The van der Waals surface area contributed by atoms with Gasteiger partial charge in [-0.05, 0) is 24.6 Å². The van der Waals surface area contributed by atoms with Gasteiger partial charge in [-0.15, -0.1) is 0 Å². The molecule has 21 heavy (non-hydrogen) atoms. The summed E-state index contributed by atoms with van der Waals surface area (Å²) in [5.41, 5.74) is 6.33. The lowest BCUT2D eigenvalue weighted by Gasteiger charge is -2.11. The van der Waals surface area contributed by atoms with Crippen molar-refractivity contribution in [2.75, 3.05) is 0 Å². The average Bonchev–Trinajstić information content (AvgIpc) is 2.47. The Balaban J connectivity index is 2.51. The van der Waals surface area contributed by atoms with E-state index in [1.807, 2.05) is 0 Å². The molecule has 0 aliphatic rings. The molecule has 1 heterocycles. The van der Waals surface area contributed by atoms with Gasteiger partial charge in [-0.2, -0.15) is 0 Å². The number of nitro benzene ring substituents is 1. The summed E-state index contributed by atoms with van der Waals surface area (Å²) in [6.45, 7) is 1.72. The number of aromatic nitrogens is 1. The SMILES string of the molecule is Cc1ccnc(Oc2ccccc2[N+](=O)[O-])c1/C(N)=N/O. The number of nitrogens with two attached hydrogens (primary N) is 1. The molecule has 0 amide bonds. The Morgan fingerprint density at radius 1 is 1.43 bits per heavy atom. The third-order valence-corrected chi connectivity index (χ3v) is 2.76. The van der Waals surface area contributed by atoms with E-state index in [0.29, 0.717) is 5.56 Å². The van der Waals surface area contributed by atoms with Crippen LogP contribution in [0.2, 0.25) is 0 Å². The zero-order valence-corrected chi connectivity index (χ0v) is 11.1. The summed E-state index contributed by atoms with van der Waals surface area (Å²) in [4.78, 5) is 14.4. The van der Waals surface area contributed by atoms with E-state index in [1.165, 1.54) is 24.4 Å². The maximum absolute atomic E-state index is 11.0. The first-order chi connectivity index (χ1) is 10.0. The summed E-state index contributed by atoms with van der Waals surface area (Å²) >= 11 is 0. The molecule has 2 aromatic rings. The van der Waals surface area contributed by atoms with Crippen molar-refractivity contribution >= 4 is 11.5 Å². The van der Waals surface area contributed by atoms with Crippen LogP contribution in [-0.2, 0) is 0 Å². The topological polar surface area (TPSA) is 124 Å². The molecule has 0 unspecified atom stereocenters. The molecule has 1 aromatic heterocycles. The van der Waals surface area contributed by atoms with Crippen molar-refractivity contribution in [3.8, 4) is 11.6 Å². The van der Waals surface area contributed by atoms with Crippen molar-refractivity contribution < 1.29 is 14.9 Å². The van der Waals surface area contributed by atoms with E-state index in [4.69, 9.17) is 15.7 Å². The van der Waals surface area contributed by atoms with Crippen LogP contribution in [0.5, 0.6) is 11.6 Å². The zero-order chi connectivity index (χ0) is 15.4. The monoisotopic (exact) mass is 288 g/mol. The van der Waals surface area contributed by atoms with Crippen LogP contribution in [-0.4, -0.2) is 21.0 Å². The van der Waals surface area contributed by atoms with Crippen LogP contribution in [0.25, 0.3) is 0 Å². The Labute approximate surface area is 119 Å². The average molecular weight is 288 g/mol. The van der Waals surface area contributed by atoms with Crippen LogP contribution in [0.15, 0.2) is 41.7 Å². The number of nitro groups is 1. The van der Waals surface area contributed by atoms with Crippen LogP contribution < -0.4 is 10.5 Å². The molecule has 0 saturated carbocycles. The molecule has 0 atom stereocenters. The molecule has 108 valence electrons. The standard InChI is InChI=1S/C13H12N4O4/c1-8-6-7-15-13(11(8)12(14)16-18)21-10-5-3-2-4-9(10)17(19)20/h2-7,18H,1H3,(H2,14,16). The quantitative estimate of drug-likeness (QED) is 0.292. The molecule has 0 aliphatic heterocycles. The van der Waals surface area contributed by atoms with Crippen molar-refractivity contribution in [3.63, 3.8) is 0 Å². The lowest BCUT2D eigenvalue weighted by Crippen LogP contribution is -2.16. The fourth-order valence-corrected chi connectivity index (χ4v) is 1.77. The van der Waals surface area contributed by atoms with E-state index in [2.05, 4.69) is 10.1 Å². The van der Waals surface area contributed by atoms with Crippen molar-refractivity contribution in [2.45, 2.75) is 6.92 Å². The van der Waals surface area contributed by atoms with Gasteiger partial charge in [0.1, 0.15) is 0 Å². The minimum absolute atomic E-state index is 0.0209. The number of pyridine rings is 1. The number of hydrogen-bond acceptors (Lipinski definition) is 6. The van der Waals surface area contributed by atoms with Crippen LogP contribution in [0.1, 0.15) is 11.1 Å². The molecule has 2 rings (SSSR count). The zero-order valence-electron chi connectivity index (χ0n) is 11.1. The Morgan fingerprint density at radius 2 is 2.14 bits per heavy atom. The summed E-state index contributed by atoms with van der Waals surface area (Å²) in [6, 6.07) is 7.53. The van der Waals surface area contributed by atoms with Crippen molar-refractivity contribution in [3.05, 3.63) is 57.8 Å². The second kappa shape index (κ2) is 5.87. The first kappa shape index (κ1) is 14.3. The fraction of sp³-hybridized carbons (Fsp3) is 0.0769. The molecule has 8 nitrogen and oxygen atoms in total. The molecule has 3 N–H and O–H groups in total. The van der Waals surface area contributed by atoms with Gasteiger partial charge in [0.15, 0.2) is 5.84 Å². The molecule has 0 saturated heterocycles. The van der Waals surface area contributed by atoms with E-state index >= 15 is 0 Å². The maximum atomic E-state index is 11.0. The highest BCUT2D eigenvalue weighted by molar-refractivity contribution is 6.00. The summed E-state index contributed by atoms with van der Waals surface area (Å²) in [5.74, 6) is -0.138. The lowest BCUT2D eigenvalue weighted by molar-refractivity contribution is -0.385. The molecular formula is C13H12N4O4. The number of aryl methyl sites for hydroxylation is 1. The first-order valence-electron chi connectivity index (χ1n) is 5.89. The van der Waals surface area contributed by atoms with E-state index in [-0.39, 0.29) is 28.7 Å². The molecule has 0 aliphatic carbocycles. The van der Waals surface area contributed by atoms with Gasteiger partial charge in [-0.3, -0.25) is 10.1 Å². The molecule has 8 heteroatoms. The highest BCUT2D eigenvalue weighted by Crippen LogP contribution is 2.32. The number of amidine groups is 1. The summed E-state index contributed by atoms with van der Waals surface area (Å²) in [5, 5.41) is 22.7. The van der Waals surface area contributed by atoms with E-state index in [0.717, 1.165) is 0 Å². The predicted molar refractivity (Wildman–Crippen MR) is 74.7 cm³/mol. The van der Waals surface area contributed by atoms with E-state index in [9.17, 15) is 10.1 Å². The number of para-hydroxylation sites is 2. The fourth-order valence-electron chi connectivity index (χ4n) is 1.77. The first-order valence-corrected chi connectivity index (χ1v) is 5.89. The van der Waals surface area contributed by atoms with Gasteiger partial charge in [0.05, 0.1) is 10.5 Å². The third-order valence-electron chi connectivity index (χ3n) is 2.76. The molecule has 1 aromatic carbocycles. The second-order valence-electron chi connectivity index (χ2n) is 4.12. The molecular weight excluding hydrogens is 276 g/mol. The number of benzene rings is 1. The predicted octanol–water partition coefficient (Wildman–Crippen LogP) is 2.19. The number of rotatable bonds is 4. The van der Waals surface area contributed by atoms with Crippen molar-refractivity contribution in [2.24, 2.45) is 10.9 Å². The van der Waals surface area contributed by atoms with Crippen molar-refractivity contribution in [1.29, 1.82) is 0 Å². The lowest BCUT2D eigenvalue weighted by atomic mass is 10.1. The highest BCUT2D eigenvalue weighted by Gasteiger charge is 2.19. The largest absolute Gasteiger partial charge is 0.431 e. The van der Waals surface area contributed by atoms with Gasteiger partial charge < -0.3 is 15.7 Å². The van der Waals surface area contributed by atoms with Gasteiger partial charge in [0, 0.05) is 12.3 Å².